The van der Waals surface area contributed by atoms with Crippen LogP contribution in [0.1, 0.15) is 6.92 Å². The fraction of sp³-hybridized carbons (Fsp3) is 0.150. The zero-order valence-electron chi connectivity index (χ0n) is 15.2. The number of hydrogen-bond acceptors (Lipinski definition) is 3. The first-order valence-corrected chi connectivity index (χ1v) is 10.3. The lowest BCUT2D eigenvalue weighted by molar-refractivity contribution is -0.116. The summed E-state index contributed by atoms with van der Waals surface area (Å²) < 4.78 is 52.1. The number of fused-ring (bicyclic) bond motifs is 1. The molecule has 1 amide bonds. The molecule has 3 aromatic rings. The van der Waals surface area contributed by atoms with Gasteiger partial charge in [-0.3, -0.25) is 9.10 Å². The van der Waals surface area contributed by atoms with Gasteiger partial charge in [0.05, 0.1) is 11.9 Å². The van der Waals surface area contributed by atoms with E-state index in [0.717, 1.165) is 39.5 Å². The molecule has 8 heteroatoms. The first kappa shape index (κ1) is 19.8. The number of carbonyl (C=O) groups excluding carboxylic acids is 1. The maximum atomic E-state index is 13.6. The van der Waals surface area contributed by atoms with E-state index in [0.29, 0.717) is 5.69 Å². The maximum Gasteiger partial charge on any atom is 0.248 e. The van der Waals surface area contributed by atoms with Gasteiger partial charge in [-0.05, 0) is 30.5 Å². The second-order valence-electron chi connectivity index (χ2n) is 6.35. The molecule has 5 nitrogen and oxygen atoms in total. The lowest BCUT2D eigenvalue weighted by Crippen LogP contribution is -2.45. The molecule has 3 aromatic carbocycles. The Morgan fingerprint density at radius 1 is 1.00 bits per heavy atom. The van der Waals surface area contributed by atoms with Gasteiger partial charge in [-0.2, -0.15) is 0 Å². The van der Waals surface area contributed by atoms with Crippen LogP contribution in [0, 0.1) is 11.6 Å². The average Bonchev–Trinajstić information content (AvgIpc) is 2.64. The first-order valence-electron chi connectivity index (χ1n) is 8.41. The number of amides is 1. The van der Waals surface area contributed by atoms with Crippen LogP contribution >= 0.6 is 0 Å². The Hall–Kier alpha value is -3.00. The van der Waals surface area contributed by atoms with Crippen molar-refractivity contribution in [1.29, 1.82) is 0 Å². The quantitative estimate of drug-likeness (QED) is 0.701. The molecule has 3 rings (SSSR count). The molecule has 0 aromatic heterocycles. The Morgan fingerprint density at radius 3 is 2.36 bits per heavy atom. The molecule has 0 bridgehead atoms. The molecule has 0 aliphatic carbocycles. The molecule has 0 fully saturated rings. The minimum atomic E-state index is -3.94. The van der Waals surface area contributed by atoms with E-state index in [2.05, 4.69) is 5.32 Å². The third-order valence-electron chi connectivity index (χ3n) is 4.29. The third kappa shape index (κ3) is 3.96. The van der Waals surface area contributed by atoms with Crippen LogP contribution in [0.25, 0.3) is 10.8 Å². The summed E-state index contributed by atoms with van der Waals surface area (Å²) in [6.07, 6.45) is 0.899. The molecule has 0 radical (unpaired) electrons. The fourth-order valence-electron chi connectivity index (χ4n) is 3.00. The van der Waals surface area contributed by atoms with E-state index in [1.807, 2.05) is 30.3 Å². The molecule has 0 aliphatic heterocycles. The number of hydrogen-bond donors (Lipinski definition) is 1. The molecule has 28 heavy (non-hydrogen) atoms. The van der Waals surface area contributed by atoms with Crippen molar-refractivity contribution in [3.8, 4) is 0 Å². The molecule has 1 N–H and O–H groups in total. The minimum Gasteiger partial charge on any atom is -0.324 e. The summed E-state index contributed by atoms with van der Waals surface area (Å²) in [4.78, 5) is 12.8. The van der Waals surface area contributed by atoms with Crippen molar-refractivity contribution in [2.24, 2.45) is 0 Å². The number of halogens is 2. The van der Waals surface area contributed by atoms with E-state index in [1.54, 1.807) is 12.1 Å². The van der Waals surface area contributed by atoms with Crippen LogP contribution in [0.2, 0.25) is 0 Å². The van der Waals surface area contributed by atoms with Gasteiger partial charge in [0.25, 0.3) is 0 Å². The van der Waals surface area contributed by atoms with Crippen LogP contribution in [-0.2, 0) is 14.8 Å². The van der Waals surface area contributed by atoms with Crippen molar-refractivity contribution in [3.63, 3.8) is 0 Å². The normalized spacial score (nSPS) is 12.6. The van der Waals surface area contributed by atoms with Crippen LogP contribution in [-0.4, -0.2) is 26.6 Å². The van der Waals surface area contributed by atoms with Crippen LogP contribution < -0.4 is 9.62 Å². The highest BCUT2D eigenvalue weighted by atomic mass is 32.2. The van der Waals surface area contributed by atoms with Crippen molar-refractivity contribution in [3.05, 3.63) is 72.3 Å². The Labute approximate surface area is 161 Å². The zero-order valence-corrected chi connectivity index (χ0v) is 16.0. The van der Waals surface area contributed by atoms with Crippen LogP contribution in [0.4, 0.5) is 20.2 Å². The Kier molecular flexibility index (Phi) is 5.33. The van der Waals surface area contributed by atoms with Crippen molar-refractivity contribution >= 4 is 38.1 Å². The van der Waals surface area contributed by atoms with Crippen LogP contribution in [0.5, 0.6) is 0 Å². The number of nitrogens with one attached hydrogen (secondary N) is 1. The van der Waals surface area contributed by atoms with Gasteiger partial charge in [0.1, 0.15) is 6.04 Å². The van der Waals surface area contributed by atoms with Gasteiger partial charge < -0.3 is 5.32 Å². The minimum absolute atomic E-state index is 0.137. The molecule has 1 atom stereocenters. The van der Waals surface area contributed by atoms with Gasteiger partial charge in [-0.1, -0.05) is 36.4 Å². The van der Waals surface area contributed by atoms with Gasteiger partial charge in [0.15, 0.2) is 11.6 Å². The van der Waals surface area contributed by atoms with Crippen molar-refractivity contribution < 1.29 is 22.0 Å². The number of sulfonamides is 1. The summed E-state index contributed by atoms with van der Waals surface area (Å²) in [7, 11) is -3.94. The van der Waals surface area contributed by atoms with Crippen LogP contribution in [0.3, 0.4) is 0 Å². The second-order valence-corrected chi connectivity index (χ2v) is 8.21. The topological polar surface area (TPSA) is 66.5 Å². The van der Waals surface area contributed by atoms with Gasteiger partial charge in [0.2, 0.25) is 15.9 Å². The van der Waals surface area contributed by atoms with Crippen molar-refractivity contribution in [2.75, 3.05) is 15.9 Å². The summed E-state index contributed by atoms with van der Waals surface area (Å²) >= 11 is 0. The molecule has 0 saturated carbocycles. The lowest BCUT2D eigenvalue weighted by Gasteiger charge is -2.28. The molecule has 0 saturated heterocycles. The van der Waals surface area contributed by atoms with Gasteiger partial charge in [-0.25, -0.2) is 17.2 Å². The number of anilines is 2. The summed E-state index contributed by atoms with van der Waals surface area (Å²) in [5.41, 5.74) is 0.385. The smallest absolute Gasteiger partial charge is 0.248 e. The standard InChI is InChI=1S/C20H18F2N2O3S/c1-13(24(28(2,26)27)15-10-11-17(21)18(22)12-15)20(25)23-19-9-5-7-14-6-3-4-8-16(14)19/h3-13H,1-2H3,(H,23,25)/t13-/m1/s1. The summed E-state index contributed by atoms with van der Waals surface area (Å²) in [6.45, 7) is 1.38. The van der Waals surface area contributed by atoms with Crippen molar-refractivity contribution in [2.45, 2.75) is 13.0 Å². The summed E-state index contributed by atoms with van der Waals surface area (Å²) in [5, 5.41) is 4.43. The lowest BCUT2D eigenvalue weighted by atomic mass is 10.1. The van der Waals surface area contributed by atoms with Crippen LogP contribution in [0.15, 0.2) is 60.7 Å². The largest absolute Gasteiger partial charge is 0.324 e. The fourth-order valence-corrected chi connectivity index (χ4v) is 4.17. The second kappa shape index (κ2) is 7.55. The predicted octanol–water partition coefficient (Wildman–Crippen LogP) is 3.91. The SMILES string of the molecule is C[C@H](C(=O)Nc1cccc2ccccc12)N(c1ccc(F)c(F)c1)S(C)(=O)=O. The van der Waals surface area contributed by atoms with Crippen molar-refractivity contribution in [1.82, 2.24) is 0 Å². The first-order chi connectivity index (χ1) is 13.2. The predicted molar refractivity (Wildman–Crippen MR) is 106 cm³/mol. The highest BCUT2D eigenvalue weighted by Crippen LogP contribution is 2.26. The van der Waals surface area contributed by atoms with Gasteiger partial charge in [-0.15, -0.1) is 0 Å². The number of benzene rings is 3. The van der Waals surface area contributed by atoms with E-state index in [1.165, 1.54) is 6.92 Å². The molecule has 0 heterocycles. The maximum absolute atomic E-state index is 13.6. The van der Waals surface area contributed by atoms with E-state index < -0.39 is 33.6 Å². The number of carbonyl (C=O) groups is 1. The average molecular weight is 404 g/mol. The highest BCUT2D eigenvalue weighted by Gasteiger charge is 2.30. The molecule has 0 unspecified atom stereocenters. The highest BCUT2D eigenvalue weighted by molar-refractivity contribution is 7.92. The zero-order chi connectivity index (χ0) is 20.5. The van der Waals surface area contributed by atoms with E-state index in [-0.39, 0.29) is 5.69 Å². The molecule has 0 aliphatic rings. The number of rotatable bonds is 5. The third-order valence-corrected chi connectivity index (χ3v) is 5.54. The van der Waals surface area contributed by atoms with Gasteiger partial charge in [0, 0.05) is 17.1 Å². The van der Waals surface area contributed by atoms with Gasteiger partial charge >= 0.3 is 0 Å². The van der Waals surface area contributed by atoms with E-state index in [9.17, 15) is 22.0 Å². The molecule has 0 spiro atoms. The Balaban J connectivity index is 1.95. The molecular formula is C20H18F2N2O3S. The summed E-state index contributed by atoms with van der Waals surface area (Å²) in [6, 6.07) is 14.3. The van der Waals surface area contributed by atoms with E-state index >= 15 is 0 Å². The summed E-state index contributed by atoms with van der Waals surface area (Å²) in [5.74, 6) is -2.91. The molecule has 146 valence electrons. The Bertz CT molecular complexity index is 1140. The monoisotopic (exact) mass is 404 g/mol. The van der Waals surface area contributed by atoms with E-state index in [4.69, 9.17) is 0 Å². The number of nitrogens with zero attached hydrogens (tertiary/aromatic N) is 1. The Morgan fingerprint density at radius 2 is 1.68 bits per heavy atom. The molecular weight excluding hydrogens is 386 g/mol.